The van der Waals surface area contributed by atoms with Gasteiger partial charge in [0, 0.05) is 18.5 Å². The first-order chi connectivity index (χ1) is 9.61. The summed E-state index contributed by atoms with van der Waals surface area (Å²) in [5.74, 6) is -0.540. The topological polar surface area (TPSA) is 66.5 Å². The van der Waals surface area contributed by atoms with Gasteiger partial charge in [-0.2, -0.15) is 0 Å². The molecule has 1 saturated heterocycles. The highest BCUT2D eigenvalue weighted by molar-refractivity contribution is 6.01. The Bertz CT molecular complexity index is 513. The van der Waals surface area contributed by atoms with Crippen molar-refractivity contribution in [1.29, 1.82) is 0 Å². The van der Waals surface area contributed by atoms with Crippen molar-refractivity contribution in [2.24, 2.45) is 0 Å². The van der Waals surface area contributed by atoms with Crippen molar-refractivity contribution < 1.29 is 14.4 Å². The normalized spacial score (nSPS) is 19.8. The van der Waals surface area contributed by atoms with Gasteiger partial charge >= 0.3 is 0 Å². The van der Waals surface area contributed by atoms with Crippen LogP contribution in [0, 0.1) is 0 Å². The van der Waals surface area contributed by atoms with Crippen LogP contribution in [0.3, 0.4) is 0 Å². The molecule has 1 aliphatic heterocycles. The molecule has 1 N–H and O–H groups in total. The number of carbonyl (C=O) groups is 3. The van der Waals surface area contributed by atoms with Gasteiger partial charge in [0.1, 0.15) is 0 Å². The van der Waals surface area contributed by atoms with E-state index in [0.717, 1.165) is 0 Å². The molecule has 106 valence electrons. The highest BCUT2D eigenvalue weighted by Crippen LogP contribution is 2.11. The van der Waals surface area contributed by atoms with Crippen molar-refractivity contribution in [3.63, 3.8) is 0 Å². The van der Waals surface area contributed by atoms with Crippen LogP contribution in [0.25, 0.3) is 0 Å². The van der Waals surface area contributed by atoms with Gasteiger partial charge in [-0.1, -0.05) is 37.3 Å². The number of benzene rings is 1. The second kappa shape index (κ2) is 6.43. The Hall–Kier alpha value is -2.01. The summed E-state index contributed by atoms with van der Waals surface area (Å²) in [4.78, 5) is 36.9. The molecule has 2 rings (SSSR count). The number of hydrogen-bond donors (Lipinski definition) is 1. The number of hydrogen-bond acceptors (Lipinski definition) is 4. The lowest BCUT2D eigenvalue weighted by molar-refractivity contribution is -0.140. The van der Waals surface area contributed by atoms with Crippen molar-refractivity contribution in [2.45, 2.75) is 25.8 Å². The van der Waals surface area contributed by atoms with Crippen LogP contribution in [0.1, 0.15) is 30.1 Å². The average molecular weight is 274 g/mol. The monoisotopic (exact) mass is 274 g/mol. The summed E-state index contributed by atoms with van der Waals surface area (Å²) >= 11 is 0. The smallest absolute Gasteiger partial charge is 0.243 e. The van der Waals surface area contributed by atoms with Crippen LogP contribution in [-0.2, 0) is 9.59 Å². The van der Waals surface area contributed by atoms with Crippen LogP contribution in [-0.4, -0.2) is 41.6 Å². The standard InChI is InChI=1S/C15H18N2O3/c1-2-12-15(20)16-14(19)10-17(12)9-8-13(18)11-6-4-3-5-7-11/h3-7,12H,2,8-10H2,1H3,(H,16,19,20). The fraction of sp³-hybridized carbons (Fsp3) is 0.400. The van der Waals surface area contributed by atoms with Crippen LogP contribution in [0.4, 0.5) is 0 Å². The molecule has 0 aromatic heterocycles. The molecule has 1 unspecified atom stereocenters. The Morgan fingerprint density at radius 2 is 2.00 bits per heavy atom. The van der Waals surface area contributed by atoms with Crippen molar-refractivity contribution in [1.82, 2.24) is 10.2 Å². The van der Waals surface area contributed by atoms with Gasteiger partial charge in [0.05, 0.1) is 12.6 Å². The number of amides is 2. The maximum atomic E-state index is 12.0. The Labute approximate surface area is 118 Å². The molecule has 20 heavy (non-hydrogen) atoms. The van der Waals surface area contributed by atoms with Gasteiger partial charge in [-0.15, -0.1) is 0 Å². The minimum absolute atomic E-state index is 0.0267. The molecule has 1 fully saturated rings. The molecule has 0 aliphatic carbocycles. The van der Waals surface area contributed by atoms with E-state index in [1.807, 2.05) is 25.1 Å². The van der Waals surface area contributed by atoms with Gasteiger partial charge in [0.15, 0.2) is 5.78 Å². The molecule has 0 saturated carbocycles. The Kier molecular flexibility index (Phi) is 4.63. The van der Waals surface area contributed by atoms with Gasteiger partial charge in [0.25, 0.3) is 0 Å². The third-order valence-electron chi connectivity index (χ3n) is 3.46. The highest BCUT2D eigenvalue weighted by atomic mass is 16.2. The molecule has 0 bridgehead atoms. The molecular weight excluding hydrogens is 256 g/mol. The molecule has 0 spiro atoms. The van der Waals surface area contributed by atoms with E-state index in [0.29, 0.717) is 24.9 Å². The first-order valence-corrected chi connectivity index (χ1v) is 6.77. The van der Waals surface area contributed by atoms with E-state index in [4.69, 9.17) is 0 Å². The summed E-state index contributed by atoms with van der Waals surface area (Å²) in [5.41, 5.74) is 0.660. The fourth-order valence-electron chi connectivity index (χ4n) is 2.41. The molecule has 1 aromatic rings. The molecule has 1 aromatic carbocycles. The predicted molar refractivity (Wildman–Crippen MR) is 74.2 cm³/mol. The van der Waals surface area contributed by atoms with E-state index in [9.17, 15) is 14.4 Å². The van der Waals surface area contributed by atoms with Crippen LogP contribution < -0.4 is 5.32 Å². The zero-order valence-corrected chi connectivity index (χ0v) is 11.5. The maximum absolute atomic E-state index is 12.0. The molecule has 2 amide bonds. The number of Topliss-reactive ketones (excluding diaryl/α,β-unsaturated/α-hetero) is 1. The minimum Gasteiger partial charge on any atom is -0.294 e. The van der Waals surface area contributed by atoms with Crippen LogP contribution in [0.15, 0.2) is 30.3 Å². The maximum Gasteiger partial charge on any atom is 0.243 e. The van der Waals surface area contributed by atoms with Gasteiger partial charge in [-0.05, 0) is 6.42 Å². The largest absolute Gasteiger partial charge is 0.294 e. The van der Waals surface area contributed by atoms with Gasteiger partial charge < -0.3 is 0 Å². The Morgan fingerprint density at radius 3 is 2.65 bits per heavy atom. The highest BCUT2D eigenvalue weighted by Gasteiger charge is 2.32. The number of imide groups is 1. The molecule has 1 aliphatic rings. The second-order valence-corrected chi connectivity index (χ2v) is 4.85. The summed E-state index contributed by atoms with van der Waals surface area (Å²) in [6.07, 6.45) is 0.930. The molecule has 0 radical (unpaired) electrons. The summed E-state index contributed by atoms with van der Waals surface area (Å²) in [6.45, 7) is 2.49. The van der Waals surface area contributed by atoms with Crippen molar-refractivity contribution >= 4 is 17.6 Å². The second-order valence-electron chi connectivity index (χ2n) is 4.85. The Balaban J connectivity index is 1.96. The number of nitrogens with zero attached hydrogens (tertiary/aromatic N) is 1. The van der Waals surface area contributed by atoms with Crippen LogP contribution >= 0.6 is 0 Å². The van der Waals surface area contributed by atoms with Crippen LogP contribution in [0.2, 0.25) is 0 Å². The minimum atomic E-state index is -0.323. The SMILES string of the molecule is CCC1C(=O)NC(=O)CN1CCC(=O)c1ccccc1. The van der Waals surface area contributed by atoms with E-state index < -0.39 is 0 Å². The van der Waals surface area contributed by atoms with E-state index in [2.05, 4.69) is 5.32 Å². The summed E-state index contributed by atoms with van der Waals surface area (Å²) in [7, 11) is 0. The fourth-order valence-corrected chi connectivity index (χ4v) is 2.41. The molecule has 5 heteroatoms. The number of ketones is 1. The number of rotatable bonds is 5. The molecule has 5 nitrogen and oxygen atoms in total. The Morgan fingerprint density at radius 1 is 1.30 bits per heavy atom. The summed E-state index contributed by atoms with van der Waals surface area (Å²) in [6, 6.07) is 8.72. The lowest BCUT2D eigenvalue weighted by Crippen LogP contribution is -2.58. The lowest BCUT2D eigenvalue weighted by atomic mass is 10.1. The summed E-state index contributed by atoms with van der Waals surface area (Å²) in [5, 5.41) is 2.33. The van der Waals surface area contributed by atoms with Crippen molar-refractivity contribution in [2.75, 3.05) is 13.1 Å². The number of carbonyl (C=O) groups excluding carboxylic acids is 3. The lowest BCUT2D eigenvalue weighted by Gasteiger charge is -2.33. The quantitative estimate of drug-likeness (QED) is 0.642. The van der Waals surface area contributed by atoms with Crippen LogP contribution in [0.5, 0.6) is 0 Å². The molecule has 1 atom stereocenters. The number of piperazine rings is 1. The van der Waals surface area contributed by atoms with Gasteiger partial charge in [-0.25, -0.2) is 0 Å². The van der Waals surface area contributed by atoms with Gasteiger partial charge in [0.2, 0.25) is 11.8 Å². The molecular formula is C15H18N2O3. The summed E-state index contributed by atoms with van der Waals surface area (Å²) < 4.78 is 0. The van der Waals surface area contributed by atoms with E-state index >= 15 is 0 Å². The average Bonchev–Trinajstić information content (AvgIpc) is 2.45. The van der Waals surface area contributed by atoms with E-state index in [-0.39, 0.29) is 30.2 Å². The first kappa shape index (κ1) is 14.4. The third-order valence-corrected chi connectivity index (χ3v) is 3.46. The predicted octanol–water partition coefficient (Wildman–Crippen LogP) is 0.996. The number of nitrogens with one attached hydrogen (secondary N) is 1. The van der Waals surface area contributed by atoms with E-state index in [1.54, 1.807) is 17.0 Å². The zero-order valence-electron chi connectivity index (χ0n) is 11.5. The van der Waals surface area contributed by atoms with Crippen molar-refractivity contribution in [3.8, 4) is 0 Å². The molecule has 1 heterocycles. The van der Waals surface area contributed by atoms with E-state index in [1.165, 1.54) is 0 Å². The zero-order chi connectivity index (χ0) is 14.5. The van der Waals surface area contributed by atoms with Gasteiger partial charge in [-0.3, -0.25) is 24.6 Å². The first-order valence-electron chi connectivity index (χ1n) is 6.77. The van der Waals surface area contributed by atoms with Crippen molar-refractivity contribution in [3.05, 3.63) is 35.9 Å². The third kappa shape index (κ3) is 3.30.